The van der Waals surface area contributed by atoms with E-state index in [9.17, 15) is 4.79 Å². The van der Waals surface area contributed by atoms with Crippen LogP contribution in [0.5, 0.6) is 0 Å². The van der Waals surface area contributed by atoms with Crippen LogP contribution in [-0.4, -0.2) is 28.7 Å². The molecule has 0 radical (unpaired) electrons. The number of benzene rings is 1. The second-order valence-corrected chi connectivity index (χ2v) is 8.37. The number of hydrogen-bond acceptors (Lipinski definition) is 2. The lowest BCUT2D eigenvalue weighted by Crippen LogP contribution is -2.53. The zero-order chi connectivity index (χ0) is 17.9. The summed E-state index contributed by atoms with van der Waals surface area (Å²) in [5.74, 6) is 0.642. The summed E-state index contributed by atoms with van der Waals surface area (Å²) in [6.07, 6.45) is 3.85. The number of hydrogen-bond donors (Lipinski definition) is 0. The third-order valence-electron chi connectivity index (χ3n) is 4.77. The summed E-state index contributed by atoms with van der Waals surface area (Å²) in [6.45, 7) is 12.4. The monoisotopic (exact) mass is 331 g/mol. The van der Waals surface area contributed by atoms with Gasteiger partial charge in [-0.05, 0) is 64.9 Å². The maximum atomic E-state index is 12.9. The second kappa shape index (κ2) is 7.58. The number of carbonyl (C=O) groups is 1. The summed E-state index contributed by atoms with van der Waals surface area (Å²) in [6, 6.07) is 9.11. The van der Waals surface area contributed by atoms with E-state index in [-0.39, 0.29) is 18.2 Å². The predicted molar refractivity (Wildman–Crippen MR) is 99.2 cm³/mol. The first-order chi connectivity index (χ1) is 11.2. The van der Waals surface area contributed by atoms with Crippen molar-refractivity contribution in [3.05, 3.63) is 35.4 Å². The Hall–Kier alpha value is -1.51. The number of ether oxygens (including phenoxy) is 1. The molecular formula is C21H33NO2. The number of rotatable bonds is 3. The summed E-state index contributed by atoms with van der Waals surface area (Å²) in [5, 5.41) is 0. The van der Waals surface area contributed by atoms with Gasteiger partial charge in [-0.2, -0.15) is 0 Å². The van der Waals surface area contributed by atoms with Gasteiger partial charge in [0.1, 0.15) is 5.60 Å². The molecule has 0 aliphatic carbocycles. The number of amides is 1. The molecule has 0 unspecified atom stereocenters. The van der Waals surface area contributed by atoms with Gasteiger partial charge in [-0.25, -0.2) is 4.79 Å². The normalized spacial score (nSPS) is 24.8. The fourth-order valence-corrected chi connectivity index (χ4v) is 3.82. The van der Waals surface area contributed by atoms with Gasteiger partial charge in [0, 0.05) is 12.1 Å². The van der Waals surface area contributed by atoms with Crippen LogP contribution in [0.2, 0.25) is 0 Å². The van der Waals surface area contributed by atoms with E-state index in [0.717, 1.165) is 25.7 Å². The highest BCUT2D eigenvalue weighted by Crippen LogP contribution is 2.32. The SMILES string of the molecule is CC[C@@H]1C[C@H](C)C[C@H](Cc2cccc(C)c2)N1C(=O)OC(C)(C)C. The average Bonchev–Trinajstić information content (AvgIpc) is 2.44. The minimum absolute atomic E-state index is 0.154. The van der Waals surface area contributed by atoms with Gasteiger partial charge in [0.25, 0.3) is 0 Å². The van der Waals surface area contributed by atoms with Gasteiger partial charge >= 0.3 is 6.09 Å². The Morgan fingerprint density at radius 3 is 2.50 bits per heavy atom. The number of carbonyl (C=O) groups excluding carboxylic acids is 1. The molecule has 3 heteroatoms. The molecule has 1 saturated heterocycles. The van der Waals surface area contributed by atoms with Crippen LogP contribution in [0.15, 0.2) is 24.3 Å². The molecule has 1 amide bonds. The van der Waals surface area contributed by atoms with Gasteiger partial charge in [0.05, 0.1) is 0 Å². The number of likely N-dealkylation sites (tertiary alicyclic amines) is 1. The number of piperidine rings is 1. The molecule has 3 nitrogen and oxygen atoms in total. The molecule has 24 heavy (non-hydrogen) atoms. The zero-order valence-electron chi connectivity index (χ0n) is 16.1. The van der Waals surface area contributed by atoms with E-state index >= 15 is 0 Å². The Morgan fingerprint density at radius 1 is 1.25 bits per heavy atom. The summed E-state index contributed by atoms with van der Waals surface area (Å²) >= 11 is 0. The Labute approximate surface area is 147 Å². The molecule has 1 aromatic carbocycles. The van der Waals surface area contributed by atoms with E-state index in [1.807, 2.05) is 25.7 Å². The van der Waals surface area contributed by atoms with E-state index in [1.54, 1.807) is 0 Å². The minimum Gasteiger partial charge on any atom is -0.444 e. The standard InChI is InChI=1S/C21H33NO2/c1-7-18-12-16(3)13-19(14-17-10-8-9-15(2)11-17)22(18)20(23)24-21(4,5)6/h8-11,16,18-19H,7,12-14H2,1-6H3/t16-,18+,19+/m0/s1. The molecule has 0 bridgehead atoms. The first-order valence-corrected chi connectivity index (χ1v) is 9.26. The van der Waals surface area contributed by atoms with E-state index in [2.05, 4.69) is 45.0 Å². The van der Waals surface area contributed by atoms with Crippen LogP contribution in [0.25, 0.3) is 0 Å². The quantitative estimate of drug-likeness (QED) is 0.747. The molecule has 0 saturated carbocycles. The Kier molecular flexibility index (Phi) is 5.95. The van der Waals surface area contributed by atoms with E-state index in [4.69, 9.17) is 4.74 Å². The third kappa shape index (κ3) is 4.99. The van der Waals surface area contributed by atoms with E-state index in [0.29, 0.717) is 5.92 Å². The van der Waals surface area contributed by atoms with Crippen molar-refractivity contribution in [1.29, 1.82) is 0 Å². The Balaban J connectivity index is 2.24. The topological polar surface area (TPSA) is 29.5 Å². The summed E-state index contributed by atoms with van der Waals surface area (Å²) in [7, 11) is 0. The molecule has 1 fully saturated rings. The van der Waals surface area contributed by atoms with Crippen LogP contribution in [0, 0.1) is 12.8 Å². The van der Waals surface area contributed by atoms with Crippen molar-refractivity contribution in [2.45, 2.75) is 84.9 Å². The lowest BCUT2D eigenvalue weighted by Gasteiger charge is -2.44. The Morgan fingerprint density at radius 2 is 1.92 bits per heavy atom. The number of aryl methyl sites for hydroxylation is 1. The van der Waals surface area contributed by atoms with Gasteiger partial charge in [-0.3, -0.25) is 0 Å². The smallest absolute Gasteiger partial charge is 0.410 e. The molecule has 0 N–H and O–H groups in total. The maximum Gasteiger partial charge on any atom is 0.410 e. The van der Waals surface area contributed by atoms with Crippen molar-refractivity contribution in [2.24, 2.45) is 5.92 Å². The van der Waals surface area contributed by atoms with Crippen LogP contribution in [0.3, 0.4) is 0 Å². The fourth-order valence-electron chi connectivity index (χ4n) is 3.82. The summed E-state index contributed by atoms with van der Waals surface area (Å²) < 4.78 is 5.72. The molecule has 1 aliphatic rings. The van der Waals surface area contributed by atoms with Crippen LogP contribution < -0.4 is 0 Å². The van der Waals surface area contributed by atoms with Gasteiger partial charge < -0.3 is 9.64 Å². The summed E-state index contributed by atoms with van der Waals surface area (Å²) in [5.41, 5.74) is 2.12. The third-order valence-corrected chi connectivity index (χ3v) is 4.77. The van der Waals surface area contributed by atoms with Crippen molar-refractivity contribution in [3.63, 3.8) is 0 Å². The van der Waals surface area contributed by atoms with Crippen molar-refractivity contribution < 1.29 is 9.53 Å². The van der Waals surface area contributed by atoms with Gasteiger partial charge in [-0.1, -0.05) is 43.7 Å². The van der Waals surface area contributed by atoms with E-state index < -0.39 is 5.60 Å². The summed E-state index contributed by atoms with van der Waals surface area (Å²) in [4.78, 5) is 14.9. The van der Waals surface area contributed by atoms with Crippen molar-refractivity contribution in [3.8, 4) is 0 Å². The zero-order valence-corrected chi connectivity index (χ0v) is 16.1. The molecule has 1 aliphatic heterocycles. The molecule has 1 heterocycles. The van der Waals surface area contributed by atoms with Crippen LogP contribution in [0.1, 0.15) is 65.0 Å². The largest absolute Gasteiger partial charge is 0.444 e. The van der Waals surface area contributed by atoms with Crippen LogP contribution in [0.4, 0.5) is 4.79 Å². The molecule has 1 aromatic rings. The Bertz CT molecular complexity index is 561. The van der Waals surface area contributed by atoms with Gasteiger partial charge in [0.15, 0.2) is 0 Å². The highest BCUT2D eigenvalue weighted by molar-refractivity contribution is 5.69. The molecule has 3 atom stereocenters. The fraction of sp³-hybridized carbons (Fsp3) is 0.667. The van der Waals surface area contributed by atoms with Gasteiger partial charge in [0.2, 0.25) is 0 Å². The predicted octanol–water partition coefficient (Wildman–Crippen LogP) is 5.35. The highest BCUT2D eigenvalue weighted by Gasteiger charge is 2.38. The first kappa shape index (κ1) is 18.8. The average molecular weight is 332 g/mol. The molecule has 0 spiro atoms. The minimum atomic E-state index is -0.452. The molecule has 134 valence electrons. The van der Waals surface area contributed by atoms with Crippen molar-refractivity contribution in [2.75, 3.05) is 0 Å². The molecular weight excluding hydrogens is 298 g/mol. The van der Waals surface area contributed by atoms with Crippen LogP contribution >= 0.6 is 0 Å². The van der Waals surface area contributed by atoms with E-state index in [1.165, 1.54) is 11.1 Å². The van der Waals surface area contributed by atoms with Crippen molar-refractivity contribution in [1.82, 2.24) is 4.90 Å². The first-order valence-electron chi connectivity index (χ1n) is 9.26. The maximum absolute atomic E-state index is 12.9. The van der Waals surface area contributed by atoms with Gasteiger partial charge in [-0.15, -0.1) is 0 Å². The highest BCUT2D eigenvalue weighted by atomic mass is 16.6. The second-order valence-electron chi connectivity index (χ2n) is 8.37. The molecule has 0 aromatic heterocycles. The molecule has 2 rings (SSSR count). The van der Waals surface area contributed by atoms with Crippen molar-refractivity contribution >= 4 is 6.09 Å². The lowest BCUT2D eigenvalue weighted by molar-refractivity contribution is -0.0127. The van der Waals surface area contributed by atoms with Crippen LogP contribution in [-0.2, 0) is 11.2 Å². The number of nitrogens with zero attached hydrogens (tertiary/aromatic N) is 1. The lowest BCUT2D eigenvalue weighted by atomic mass is 9.84.